The van der Waals surface area contributed by atoms with Crippen LogP contribution in [0.2, 0.25) is 0 Å². The Bertz CT molecular complexity index is 207. The molecule has 0 aromatic carbocycles. The maximum Gasteiger partial charge on any atom is 0.234 e. The molecule has 4 N–H and O–H groups in total. The van der Waals surface area contributed by atoms with E-state index in [1.54, 1.807) is 0 Å². The fourth-order valence-electron chi connectivity index (χ4n) is 1.33. The molecule has 0 aromatic rings. The van der Waals surface area contributed by atoms with Crippen molar-refractivity contribution in [2.75, 3.05) is 19.7 Å². The Balaban J connectivity index is 3.66. The van der Waals surface area contributed by atoms with Crippen LogP contribution in [0.25, 0.3) is 0 Å². The van der Waals surface area contributed by atoms with Crippen LogP contribution in [0.15, 0.2) is 0 Å². The highest BCUT2D eigenvalue weighted by Gasteiger charge is 2.18. The lowest BCUT2D eigenvalue weighted by Gasteiger charge is -2.21. The first-order valence-electron chi connectivity index (χ1n) is 5.74. The molecule has 0 heterocycles. The molecule has 0 rings (SSSR count). The summed E-state index contributed by atoms with van der Waals surface area (Å²) in [7, 11) is 0. The van der Waals surface area contributed by atoms with Crippen molar-refractivity contribution in [3.63, 3.8) is 0 Å². The highest BCUT2D eigenvalue weighted by molar-refractivity contribution is 5.78. The summed E-state index contributed by atoms with van der Waals surface area (Å²) >= 11 is 0. The van der Waals surface area contributed by atoms with Crippen LogP contribution in [0.4, 0.5) is 0 Å². The van der Waals surface area contributed by atoms with E-state index >= 15 is 0 Å². The van der Waals surface area contributed by atoms with E-state index in [0.717, 1.165) is 12.8 Å². The molecule has 0 aliphatic rings. The number of hydrogen-bond donors (Lipinski definition) is 4. The number of aliphatic hydroxyl groups excluding tert-OH is 1. The molecule has 0 aliphatic heterocycles. The number of rotatable bonds is 8. The molecule has 0 fully saturated rings. The topological polar surface area (TPSA) is 81.6 Å². The molecule has 1 amide bonds. The van der Waals surface area contributed by atoms with Gasteiger partial charge in [-0.25, -0.2) is 0 Å². The van der Waals surface area contributed by atoms with Gasteiger partial charge < -0.3 is 20.8 Å². The summed E-state index contributed by atoms with van der Waals surface area (Å²) in [6.45, 7) is 5.57. The van der Waals surface area contributed by atoms with Crippen molar-refractivity contribution in [1.82, 2.24) is 10.6 Å². The molecule has 2 atom stereocenters. The smallest absolute Gasteiger partial charge is 0.234 e. The van der Waals surface area contributed by atoms with Crippen molar-refractivity contribution in [3.8, 4) is 0 Å². The molecule has 96 valence electrons. The van der Waals surface area contributed by atoms with Crippen LogP contribution in [0, 0.1) is 0 Å². The van der Waals surface area contributed by atoms with Gasteiger partial charge in [0.1, 0.15) is 0 Å². The van der Waals surface area contributed by atoms with Crippen molar-refractivity contribution in [1.29, 1.82) is 0 Å². The van der Waals surface area contributed by atoms with Gasteiger partial charge in [0.05, 0.1) is 18.8 Å². The Hall–Kier alpha value is -0.650. The van der Waals surface area contributed by atoms with Crippen LogP contribution >= 0.6 is 0 Å². The quantitative estimate of drug-likeness (QED) is 0.460. The Labute approximate surface area is 97.2 Å². The summed E-state index contributed by atoms with van der Waals surface area (Å²) in [6.07, 6.45) is 1.99. The second-order valence-electron chi connectivity index (χ2n) is 4.52. The van der Waals surface area contributed by atoms with Gasteiger partial charge in [0.2, 0.25) is 5.91 Å². The summed E-state index contributed by atoms with van der Waals surface area (Å²) in [4.78, 5) is 11.4. The fraction of sp³-hybridized carbons (Fsp3) is 0.909. The lowest BCUT2D eigenvalue weighted by atomic mass is 10.1. The average Bonchev–Trinajstić information content (AvgIpc) is 2.17. The van der Waals surface area contributed by atoms with Gasteiger partial charge in [0.15, 0.2) is 0 Å². The second kappa shape index (κ2) is 7.60. The van der Waals surface area contributed by atoms with Gasteiger partial charge >= 0.3 is 0 Å². The van der Waals surface area contributed by atoms with Gasteiger partial charge in [0, 0.05) is 12.6 Å². The van der Waals surface area contributed by atoms with E-state index in [2.05, 4.69) is 17.6 Å². The molecule has 0 aromatic heterocycles. The van der Waals surface area contributed by atoms with E-state index in [0.29, 0.717) is 0 Å². The maximum absolute atomic E-state index is 11.4. The third-order valence-electron chi connectivity index (χ3n) is 2.26. The summed E-state index contributed by atoms with van der Waals surface area (Å²) < 4.78 is 0. The van der Waals surface area contributed by atoms with Gasteiger partial charge in [-0.1, -0.05) is 13.3 Å². The average molecular weight is 232 g/mol. The van der Waals surface area contributed by atoms with Gasteiger partial charge in [-0.15, -0.1) is 0 Å². The van der Waals surface area contributed by atoms with Crippen LogP contribution in [0.1, 0.15) is 33.6 Å². The van der Waals surface area contributed by atoms with Crippen LogP contribution in [0.3, 0.4) is 0 Å². The zero-order valence-corrected chi connectivity index (χ0v) is 10.4. The van der Waals surface area contributed by atoms with Crippen molar-refractivity contribution in [2.45, 2.75) is 45.3 Å². The van der Waals surface area contributed by atoms with E-state index in [9.17, 15) is 9.90 Å². The molecule has 0 saturated heterocycles. The molecular weight excluding hydrogens is 208 g/mol. The highest BCUT2D eigenvalue weighted by atomic mass is 16.3. The highest BCUT2D eigenvalue weighted by Crippen LogP contribution is 1.98. The predicted molar refractivity (Wildman–Crippen MR) is 63.1 cm³/mol. The molecule has 16 heavy (non-hydrogen) atoms. The number of nitrogens with one attached hydrogen (secondary N) is 2. The Morgan fingerprint density at radius 2 is 2.12 bits per heavy atom. The number of hydrogen-bond acceptors (Lipinski definition) is 4. The molecule has 0 saturated carbocycles. The first kappa shape index (κ1) is 15.3. The summed E-state index contributed by atoms with van der Waals surface area (Å²) in [5, 5.41) is 23.9. The predicted octanol–water partition coefficient (Wildman–Crippen LogP) is -0.376. The van der Waals surface area contributed by atoms with Gasteiger partial charge in [0.25, 0.3) is 0 Å². The maximum atomic E-state index is 11.4. The normalized spacial score (nSPS) is 16.6. The summed E-state index contributed by atoms with van der Waals surface area (Å²) in [5.41, 5.74) is -1.17. The van der Waals surface area contributed by atoms with Crippen molar-refractivity contribution in [2.24, 2.45) is 0 Å². The summed E-state index contributed by atoms with van der Waals surface area (Å²) in [6, 6.07) is 0.178. The van der Waals surface area contributed by atoms with E-state index in [1.165, 1.54) is 6.92 Å². The van der Waals surface area contributed by atoms with E-state index in [-0.39, 0.29) is 31.6 Å². The lowest BCUT2D eigenvalue weighted by molar-refractivity contribution is -0.121. The van der Waals surface area contributed by atoms with Crippen molar-refractivity contribution >= 4 is 5.91 Å². The van der Waals surface area contributed by atoms with Crippen LogP contribution in [0.5, 0.6) is 0 Å². The van der Waals surface area contributed by atoms with Gasteiger partial charge in [-0.05, 0) is 20.3 Å². The van der Waals surface area contributed by atoms with Crippen LogP contribution in [-0.2, 0) is 4.79 Å². The first-order chi connectivity index (χ1) is 7.41. The van der Waals surface area contributed by atoms with E-state index in [1.807, 2.05) is 6.92 Å². The zero-order chi connectivity index (χ0) is 12.6. The van der Waals surface area contributed by atoms with Crippen molar-refractivity contribution < 1.29 is 15.0 Å². The number of carbonyl (C=O) groups is 1. The first-order valence-corrected chi connectivity index (χ1v) is 5.74. The fourth-order valence-corrected chi connectivity index (χ4v) is 1.33. The number of carbonyl (C=O) groups excluding carboxylic acids is 1. The third-order valence-corrected chi connectivity index (χ3v) is 2.26. The zero-order valence-electron chi connectivity index (χ0n) is 10.4. The van der Waals surface area contributed by atoms with Crippen molar-refractivity contribution in [3.05, 3.63) is 0 Å². The Morgan fingerprint density at radius 3 is 2.62 bits per heavy atom. The molecule has 0 spiro atoms. The van der Waals surface area contributed by atoms with E-state index in [4.69, 9.17) is 5.11 Å². The standard InChI is InChI=1S/C11H24N2O3/c1-4-5-9(2)13-10(15)6-12-7-11(3,16)8-14/h9,12,14,16H,4-8H2,1-3H3,(H,13,15). The molecule has 2 unspecified atom stereocenters. The number of amides is 1. The van der Waals surface area contributed by atoms with Crippen LogP contribution in [-0.4, -0.2) is 47.5 Å². The van der Waals surface area contributed by atoms with Gasteiger partial charge in [-0.2, -0.15) is 0 Å². The monoisotopic (exact) mass is 232 g/mol. The van der Waals surface area contributed by atoms with E-state index < -0.39 is 5.60 Å². The van der Waals surface area contributed by atoms with Gasteiger partial charge in [-0.3, -0.25) is 4.79 Å². The Kier molecular flexibility index (Phi) is 7.29. The summed E-state index contributed by atoms with van der Waals surface area (Å²) in [5.74, 6) is -0.0883. The number of aliphatic hydroxyl groups is 2. The molecule has 5 heteroatoms. The SMILES string of the molecule is CCCC(C)NC(=O)CNCC(C)(O)CO. The second-order valence-corrected chi connectivity index (χ2v) is 4.52. The Morgan fingerprint density at radius 1 is 1.50 bits per heavy atom. The lowest BCUT2D eigenvalue weighted by Crippen LogP contribution is -2.45. The largest absolute Gasteiger partial charge is 0.393 e. The van der Waals surface area contributed by atoms with Crippen LogP contribution < -0.4 is 10.6 Å². The molecule has 5 nitrogen and oxygen atoms in total. The third kappa shape index (κ3) is 7.62. The minimum Gasteiger partial charge on any atom is -0.393 e. The molecule has 0 radical (unpaired) electrons. The molecule has 0 aliphatic carbocycles. The molecule has 0 bridgehead atoms. The molecular formula is C11H24N2O3. The minimum atomic E-state index is -1.17. The minimum absolute atomic E-state index is 0.0883.